The van der Waals surface area contributed by atoms with E-state index in [0.29, 0.717) is 23.0 Å². The van der Waals surface area contributed by atoms with E-state index < -0.39 is 0 Å². The molecule has 108 valence electrons. The van der Waals surface area contributed by atoms with E-state index in [4.69, 9.17) is 17.3 Å². The van der Waals surface area contributed by atoms with E-state index in [9.17, 15) is 4.39 Å². The van der Waals surface area contributed by atoms with Crippen LogP contribution in [0.4, 0.5) is 4.39 Å². The monoisotopic (exact) mass is 306 g/mol. The van der Waals surface area contributed by atoms with Crippen LogP contribution in [0.15, 0.2) is 18.2 Å². The Bertz CT molecular complexity index is 412. The molecular weight excluding hydrogens is 286 g/mol. The summed E-state index contributed by atoms with van der Waals surface area (Å²) in [6.07, 6.45) is 2.31. The lowest BCUT2D eigenvalue weighted by molar-refractivity contribution is 0.153. The molecule has 0 amide bonds. The normalized spacial score (nSPS) is 21.8. The van der Waals surface area contributed by atoms with E-state index in [1.807, 2.05) is 6.92 Å². The lowest BCUT2D eigenvalue weighted by Gasteiger charge is -2.34. The molecule has 0 bridgehead atoms. The van der Waals surface area contributed by atoms with Gasteiger partial charge in [0.15, 0.2) is 0 Å². The van der Waals surface area contributed by atoms with E-state index in [2.05, 4.69) is 4.90 Å². The van der Waals surface area contributed by atoms with Gasteiger partial charge in [-0.2, -0.15) is 0 Å². The van der Waals surface area contributed by atoms with Crippen LogP contribution in [0, 0.1) is 11.7 Å². The predicted octanol–water partition coefficient (Wildman–Crippen LogP) is 3.46. The molecule has 2 rings (SSSR count). The third kappa shape index (κ3) is 4.60. The van der Waals surface area contributed by atoms with Gasteiger partial charge in [0.2, 0.25) is 0 Å². The summed E-state index contributed by atoms with van der Waals surface area (Å²) in [4.78, 5) is 2.27. The Morgan fingerprint density at radius 1 is 1.53 bits per heavy atom. The first-order valence-electron chi connectivity index (χ1n) is 6.48. The Balaban J connectivity index is 0.00000180. The molecular formula is C14H21Cl2FN2. The van der Waals surface area contributed by atoms with Crippen molar-refractivity contribution in [1.29, 1.82) is 0 Å². The van der Waals surface area contributed by atoms with Gasteiger partial charge in [-0.1, -0.05) is 11.6 Å². The van der Waals surface area contributed by atoms with Crippen molar-refractivity contribution in [3.05, 3.63) is 34.6 Å². The van der Waals surface area contributed by atoms with Gasteiger partial charge in [0.25, 0.3) is 0 Å². The van der Waals surface area contributed by atoms with Crippen molar-refractivity contribution >= 4 is 24.0 Å². The third-order valence-corrected chi connectivity index (χ3v) is 3.92. The SMILES string of the molecule is CC(N)C1CCCN(Cc2cc(Cl)ccc2F)C1.Cl. The molecule has 1 aromatic carbocycles. The number of nitrogens with two attached hydrogens (primary N) is 1. The fraction of sp³-hybridized carbons (Fsp3) is 0.571. The summed E-state index contributed by atoms with van der Waals surface area (Å²) in [5.41, 5.74) is 6.63. The molecule has 0 aliphatic carbocycles. The van der Waals surface area contributed by atoms with Crippen molar-refractivity contribution < 1.29 is 4.39 Å². The van der Waals surface area contributed by atoms with Crippen LogP contribution in [0.3, 0.4) is 0 Å². The number of benzene rings is 1. The highest BCUT2D eigenvalue weighted by molar-refractivity contribution is 6.30. The van der Waals surface area contributed by atoms with Crippen molar-refractivity contribution in [2.24, 2.45) is 11.7 Å². The van der Waals surface area contributed by atoms with Crippen LogP contribution >= 0.6 is 24.0 Å². The van der Waals surface area contributed by atoms with E-state index in [1.165, 1.54) is 12.5 Å². The molecule has 19 heavy (non-hydrogen) atoms. The summed E-state index contributed by atoms with van der Waals surface area (Å²) in [6, 6.07) is 4.94. The lowest BCUT2D eigenvalue weighted by Crippen LogP contribution is -2.42. The van der Waals surface area contributed by atoms with E-state index in [0.717, 1.165) is 19.5 Å². The maximum absolute atomic E-state index is 13.7. The standard InChI is InChI=1S/C14H20ClFN2.ClH/c1-10(17)11-3-2-6-18(8-11)9-12-7-13(15)4-5-14(12)16;/h4-5,7,10-11H,2-3,6,8-9,17H2,1H3;1H. The average molecular weight is 307 g/mol. The topological polar surface area (TPSA) is 29.3 Å². The van der Waals surface area contributed by atoms with Crippen LogP contribution in [-0.2, 0) is 6.54 Å². The molecule has 1 saturated heterocycles. The molecule has 0 aromatic heterocycles. The van der Waals surface area contributed by atoms with Gasteiger partial charge in [-0.15, -0.1) is 12.4 Å². The summed E-state index contributed by atoms with van der Waals surface area (Å²) in [5.74, 6) is 0.336. The van der Waals surface area contributed by atoms with Crippen LogP contribution in [-0.4, -0.2) is 24.0 Å². The summed E-state index contributed by atoms with van der Waals surface area (Å²) in [5, 5.41) is 0.590. The first kappa shape index (κ1) is 16.7. The van der Waals surface area contributed by atoms with E-state index in [1.54, 1.807) is 12.1 Å². The van der Waals surface area contributed by atoms with Crippen LogP contribution < -0.4 is 5.73 Å². The highest BCUT2D eigenvalue weighted by atomic mass is 35.5. The molecule has 2 nitrogen and oxygen atoms in total. The van der Waals surface area contributed by atoms with Gasteiger partial charge < -0.3 is 5.73 Å². The number of hydrogen-bond donors (Lipinski definition) is 1. The second kappa shape index (κ2) is 7.44. The molecule has 1 fully saturated rings. The molecule has 1 aliphatic rings. The summed E-state index contributed by atoms with van der Waals surface area (Å²) < 4.78 is 13.7. The number of halogens is 3. The van der Waals surface area contributed by atoms with Crippen LogP contribution in [0.1, 0.15) is 25.3 Å². The molecule has 2 unspecified atom stereocenters. The highest BCUT2D eigenvalue weighted by Crippen LogP contribution is 2.22. The Hall–Kier alpha value is -0.350. The number of piperidine rings is 1. The van der Waals surface area contributed by atoms with Crippen molar-refractivity contribution in [1.82, 2.24) is 4.90 Å². The number of hydrogen-bond acceptors (Lipinski definition) is 2. The molecule has 1 aromatic rings. The van der Waals surface area contributed by atoms with E-state index >= 15 is 0 Å². The second-order valence-electron chi connectivity index (χ2n) is 5.23. The van der Waals surface area contributed by atoms with Gasteiger partial charge in [-0.25, -0.2) is 4.39 Å². The lowest BCUT2D eigenvalue weighted by atomic mass is 9.92. The fourth-order valence-corrected chi connectivity index (χ4v) is 2.76. The fourth-order valence-electron chi connectivity index (χ4n) is 2.57. The third-order valence-electron chi connectivity index (χ3n) is 3.69. The van der Waals surface area contributed by atoms with E-state index in [-0.39, 0.29) is 24.3 Å². The molecule has 0 radical (unpaired) electrons. The minimum Gasteiger partial charge on any atom is -0.328 e. The first-order valence-corrected chi connectivity index (χ1v) is 6.86. The minimum absolute atomic E-state index is 0. The summed E-state index contributed by atoms with van der Waals surface area (Å²) >= 11 is 5.91. The highest BCUT2D eigenvalue weighted by Gasteiger charge is 2.23. The molecule has 5 heteroatoms. The van der Waals surface area contributed by atoms with Crippen molar-refractivity contribution in [3.8, 4) is 0 Å². The van der Waals surface area contributed by atoms with Crippen molar-refractivity contribution in [2.45, 2.75) is 32.4 Å². The zero-order valence-electron chi connectivity index (χ0n) is 11.1. The predicted molar refractivity (Wildman–Crippen MR) is 80.3 cm³/mol. The maximum atomic E-state index is 13.7. The maximum Gasteiger partial charge on any atom is 0.127 e. The molecule has 0 saturated carbocycles. The minimum atomic E-state index is -0.178. The van der Waals surface area contributed by atoms with Gasteiger partial charge in [-0.3, -0.25) is 4.90 Å². The van der Waals surface area contributed by atoms with Gasteiger partial charge in [0.1, 0.15) is 5.82 Å². The molecule has 0 spiro atoms. The van der Waals surface area contributed by atoms with Crippen molar-refractivity contribution in [2.75, 3.05) is 13.1 Å². The largest absolute Gasteiger partial charge is 0.328 e. The number of nitrogens with zero attached hydrogens (tertiary/aromatic N) is 1. The molecule has 1 aliphatic heterocycles. The smallest absolute Gasteiger partial charge is 0.127 e. The zero-order valence-corrected chi connectivity index (χ0v) is 12.7. The van der Waals surface area contributed by atoms with Crippen LogP contribution in [0.5, 0.6) is 0 Å². The molecule has 2 N–H and O–H groups in total. The van der Waals surface area contributed by atoms with Gasteiger partial charge in [-0.05, 0) is 50.4 Å². The number of rotatable bonds is 3. The zero-order chi connectivity index (χ0) is 13.1. The van der Waals surface area contributed by atoms with Crippen LogP contribution in [0.2, 0.25) is 5.02 Å². The second-order valence-corrected chi connectivity index (χ2v) is 5.67. The average Bonchev–Trinajstić information content (AvgIpc) is 2.34. The Kier molecular flexibility index (Phi) is 6.54. The quantitative estimate of drug-likeness (QED) is 0.926. The Labute approximate surface area is 125 Å². The Morgan fingerprint density at radius 2 is 2.26 bits per heavy atom. The number of likely N-dealkylation sites (tertiary alicyclic amines) is 1. The van der Waals surface area contributed by atoms with Crippen molar-refractivity contribution in [3.63, 3.8) is 0 Å². The van der Waals surface area contributed by atoms with Gasteiger partial charge in [0, 0.05) is 29.7 Å². The summed E-state index contributed by atoms with van der Waals surface area (Å²) in [6.45, 7) is 4.63. The van der Waals surface area contributed by atoms with Crippen LogP contribution in [0.25, 0.3) is 0 Å². The molecule has 2 atom stereocenters. The Morgan fingerprint density at radius 3 is 2.95 bits per heavy atom. The molecule has 1 heterocycles. The summed E-state index contributed by atoms with van der Waals surface area (Å²) in [7, 11) is 0. The first-order chi connectivity index (χ1) is 8.56. The van der Waals surface area contributed by atoms with Gasteiger partial charge >= 0.3 is 0 Å². The van der Waals surface area contributed by atoms with Gasteiger partial charge in [0.05, 0.1) is 0 Å².